The fourth-order valence-electron chi connectivity index (χ4n) is 1.59. The van der Waals surface area contributed by atoms with Crippen LogP contribution in [0.2, 0.25) is 0 Å². The maximum atomic E-state index is 11.7. The number of rotatable bonds is 5. The summed E-state index contributed by atoms with van der Waals surface area (Å²) in [5.41, 5.74) is 4.23. The Kier molecular flexibility index (Phi) is 5.21. The fourth-order valence-corrected chi connectivity index (χ4v) is 1.59. The van der Waals surface area contributed by atoms with Gasteiger partial charge in [-0.2, -0.15) is 10.4 Å². The zero-order valence-corrected chi connectivity index (χ0v) is 12.0. The summed E-state index contributed by atoms with van der Waals surface area (Å²) in [6, 6.07) is 14.0. The van der Waals surface area contributed by atoms with Crippen molar-refractivity contribution in [2.45, 2.75) is 6.92 Å². The summed E-state index contributed by atoms with van der Waals surface area (Å²) in [5, 5.41) is 12.7. The maximum absolute atomic E-state index is 11.7. The van der Waals surface area contributed by atoms with Crippen LogP contribution in [0, 0.1) is 11.3 Å². The van der Waals surface area contributed by atoms with Crippen molar-refractivity contribution in [3.63, 3.8) is 0 Å². The maximum Gasteiger partial charge on any atom is 0.277 e. The third-order valence-corrected chi connectivity index (χ3v) is 2.74. The summed E-state index contributed by atoms with van der Waals surface area (Å²) < 4.78 is 5.30. The van der Waals surface area contributed by atoms with Crippen molar-refractivity contribution >= 4 is 11.6 Å². The Morgan fingerprint density at radius 3 is 2.73 bits per heavy atom. The van der Waals surface area contributed by atoms with Gasteiger partial charge in [0.25, 0.3) is 5.91 Å². The minimum Gasteiger partial charge on any atom is -0.484 e. The van der Waals surface area contributed by atoms with Gasteiger partial charge in [-0.15, -0.1) is 0 Å². The molecule has 0 spiro atoms. The van der Waals surface area contributed by atoms with Gasteiger partial charge in [0.1, 0.15) is 5.75 Å². The van der Waals surface area contributed by atoms with Gasteiger partial charge >= 0.3 is 0 Å². The normalized spacial score (nSPS) is 10.6. The Bertz CT molecular complexity index is 703. The van der Waals surface area contributed by atoms with Crippen molar-refractivity contribution in [2.24, 2.45) is 5.10 Å². The first kappa shape index (κ1) is 15.2. The predicted octanol–water partition coefficient (Wildman–Crippen LogP) is 1.87. The zero-order valence-electron chi connectivity index (χ0n) is 12.0. The Morgan fingerprint density at radius 1 is 1.32 bits per heavy atom. The van der Waals surface area contributed by atoms with Crippen molar-refractivity contribution in [3.8, 4) is 11.8 Å². The van der Waals surface area contributed by atoms with Crippen LogP contribution in [0.1, 0.15) is 18.2 Å². The Labute approximate surface area is 128 Å². The quantitative estimate of drug-likeness (QED) is 0.673. The summed E-state index contributed by atoms with van der Waals surface area (Å²) in [6.07, 6.45) is 1.66. The molecule has 1 aromatic carbocycles. The molecule has 0 aliphatic rings. The highest BCUT2D eigenvalue weighted by Gasteiger charge is 2.03. The number of benzene rings is 1. The molecule has 22 heavy (non-hydrogen) atoms. The number of ether oxygens (including phenoxy) is 1. The van der Waals surface area contributed by atoms with Crippen LogP contribution in [0.5, 0.6) is 5.75 Å². The van der Waals surface area contributed by atoms with Crippen LogP contribution in [-0.4, -0.2) is 23.2 Å². The van der Waals surface area contributed by atoms with Crippen LogP contribution in [0.4, 0.5) is 0 Å². The van der Waals surface area contributed by atoms with Crippen LogP contribution in [0.15, 0.2) is 53.8 Å². The molecule has 0 unspecified atom stereocenters. The molecule has 1 heterocycles. The lowest BCUT2D eigenvalue weighted by Crippen LogP contribution is -2.25. The van der Waals surface area contributed by atoms with Gasteiger partial charge in [-0.05, 0) is 43.3 Å². The van der Waals surface area contributed by atoms with Crippen molar-refractivity contribution in [2.75, 3.05) is 6.61 Å². The first-order valence-corrected chi connectivity index (χ1v) is 6.56. The van der Waals surface area contributed by atoms with Crippen LogP contribution >= 0.6 is 0 Å². The number of nitriles is 1. The molecular weight excluding hydrogens is 280 g/mol. The molecule has 2 aromatic rings. The number of hydrogen-bond acceptors (Lipinski definition) is 5. The molecule has 0 aliphatic carbocycles. The lowest BCUT2D eigenvalue weighted by Gasteiger charge is -2.05. The Hall–Kier alpha value is -3.20. The summed E-state index contributed by atoms with van der Waals surface area (Å²) in [5.74, 6) is 0.138. The largest absolute Gasteiger partial charge is 0.484 e. The highest BCUT2D eigenvalue weighted by molar-refractivity contribution is 5.97. The molecule has 1 amide bonds. The van der Waals surface area contributed by atoms with Crippen LogP contribution < -0.4 is 10.2 Å². The number of amides is 1. The molecule has 0 aliphatic heterocycles. The van der Waals surface area contributed by atoms with Gasteiger partial charge in [0.05, 0.1) is 23.0 Å². The minimum absolute atomic E-state index is 0.162. The molecule has 0 fully saturated rings. The van der Waals surface area contributed by atoms with E-state index in [4.69, 9.17) is 10.00 Å². The number of nitrogens with zero attached hydrogens (tertiary/aromatic N) is 3. The van der Waals surface area contributed by atoms with Gasteiger partial charge in [0.15, 0.2) is 6.61 Å². The topological polar surface area (TPSA) is 87.4 Å². The molecule has 0 atom stereocenters. The van der Waals surface area contributed by atoms with E-state index in [-0.39, 0.29) is 12.5 Å². The summed E-state index contributed by atoms with van der Waals surface area (Å²) in [7, 11) is 0. The number of carbonyl (C=O) groups is 1. The Balaban J connectivity index is 1.84. The number of hydrazone groups is 1. The van der Waals surface area contributed by atoms with Gasteiger partial charge in [0.2, 0.25) is 0 Å². The second kappa shape index (κ2) is 7.55. The molecule has 2 rings (SSSR count). The van der Waals surface area contributed by atoms with Gasteiger partial charge < -0.3 is 4.74 Å². The van der Waals surface area contributed by atoms with E-state index in [0.717, 1.165) is 0 Å². The molecular formula is C16H14N4O2. The van der Waals surface area contributed by atoms with E-state index in [1.165, 1.54) is 0 Å². The first-order valence-electron chi connectivity index (χ1n) is 6.56. The summed E-state index contributed by atoms with van der Waals surface area (Å²) in [4.78, 5) is 15.8. The van der Waals surface area contributed by atoms with Gasteiger partial charge in [-0.1, -0.05) is 6.07 Å². The SMILES string of the molecule is C/C(=N\NC(=O)COc1ccc(C#N)cc1)c1ccccn1. The van der Waals surface area contributed by atoms with Crippen molar-refractivity contribution in [1.82, 2.24) is 10.4 Å². The molecule has 1 N–H and O–H groups in total. The number of pyridine rings is 1. The highest BCUT2D eigenvalue weighted by Crippen LogP contribution is 2.11. The second-order valence-electron chi connectivity index (χ2n) is 4.37. The van der Waals surface area contributed by atoms with Gasteiger partial charge in [0, 0.05) is 6.20 Å². The number of nitrogens with one attached hydrogen (secondary N) is 1. The van der Waals surface area contributed by atoms with Crippen LogP contribution in [0.3, 0.4) is 0 Å². The van der Waals surface area contributed by atoms with Crippen molar-refractivity contribution < 1.29 is 9.53 Å². The zero-order chi connectivity index (χ0) is 15.8. The second-order valence-corrected chi connectivity index (χ2v) is 4.37. The van der Waals surface area contributed by atoms with E-state index in [1.54, 1.807) is 49.5 Å². The predicted molar refractivity (Wildman–Crippen MR) is 81.2 cm³/mol. The minimum atomic E-state index is -0.375. The molecule has 6 nitrogen and oxygen atoms in total. The van der Waals surface area contributed by atoms with E-state index in [0.29, 0.717) is 22.7 Å². The average molecular weight is 294 g/mol. The van der Waals surface area contributed by atoms with Gasteiger partial charge in [-0.25, -0.2) is 5.43 Å². The smallest absolute Gasteiger partial charge is 0.277 e. The summed E-state index contributed by atoms with van der Waals surface area (Å²) in [6.45, 7) is 1.59. The van der Waals surface area contributed by atoms with E-state index in [1.807, 2.05) is 12.1 Å². The molecule has 110 valence electrons. The monoisotopic (exact) mass is 294 g/mol. The fraction of sp³-hybridized carbons (Fsp3) is 0.125. The lowest BCUT2D eigenvalue weighted by molar-refractivity contribution is -0.123. The third kappa shape index (κ3) is 4.42. The van der Waals surface area contributed by atoms with Crippen molar-refractivity contribution in [3.05, 3.63) is 59.9 Å². The van der Waals surface area contributed by atoms with Gasteiger partial charge in [-0.3, -0.25) is 9.78 Å². The van der Waals surface area contributed by atoms with Crippen molar-refractivity contribution in [1.29, 1.82) is 5.26 Å². The van der Waals surface area contributed by atoms with Crippen LogP contribution in [-0.2, 0) is 4.79 Å². The van der Waals surface area contributed by atoms with E-state index in [2.05, 4.69) is 15.5 Å². The molecule has 1 aromatic heterocycles. The molecule has 0 saturated heterocycles. The van der Waals surface area contributed by atoms with E-state index < -0.39 is 0 Å². The first-order chi connectivity index (χ1) is 10.7. The number of aromatic nitrogens is 1. The lowest BCUT2D eigenvalue weighted by atomic mass is 10.2. The molecule has 0 saturated carbocycles. The number of hydrogen-bond donors (Lipinski definition) is 1. The highest BCUT2D eigenvalue weighted by atomic mass is 16.5. The average Bonchev–Trinajstić information content (AvgIpc) is 2.59. The number of carbonyl (C=O) groups excluding carboxylic acids is 1. The third-order valence-electron chi connectivity index (χ3n) is 2.74. The molecule has 0 bridgehead atoms. The Morgan fingerprint density at radius 2 is 2.09 bits per heavy atom. The van der Waals surface area contributed by atoms with E-state index in [9.17, 15) is 4.79 Å². The molecule has 0 radical (unpaired) electrons. The summed E-state index contributed by atoms with van der Waals surface area (Å²) >= 11 is 0. The molecule has 6 heteroatoms. The van der Waals surface area contributed by atoms with Crippen LogP contribution in [0.25, 0.3) is 0 Å². The standard InChI is InChI=1S/C16H14N4O2/c1-12(15-4-2-3-9-18-15)19-20-16(21)11-22-14-7-5-13(10-17)6-8-14/h2-9H,11H2,1H3,(H,20,21)/b19-12+. The van der Waals surface area contributed by atoms with E-state index >= 15 is 0 Å².